The smallest absolute Gasteiger partial charge is 0.294 e. The number of hydrogen-bond acceptors (Lipinski definition) is 8. The number of nitro benzene ring substituents is 1. The monoisotopic (exact) mass is 677 g/mol. The number of hydrogen-bond donors (Lipinski definition) is 1. The topological polar surface area (TPSA) is 128 Å². The van der Waals surface area contributed by atoms with Gasteiger partial charge >= 0.3 is 0 Å². The van der Waals surface area contributed by atoms with Crippen LogP contribution in [0, 0.1) is 19.5 Å². The minimum absolute atomic E-state index is 0.0192. The Morgan fingerprint density at radius 1 is 1.15 bits per heavy atom. The molecule has 3 aromatic rings. The van der Waals surface area contributed by atoms with Crippen molar-refractivity contribution < 1.29 is 33.2 Å². The van der Waals surface area contributed by atoms with Crippen LogP contribution in [0.25, 0.3) is 6.08 Å². The molecular formula is C27H21FIN3O7S. The fraction of sp³-hybridized carbons (Fsp3) is 0.148. The van der Waals surface area contributed by atoms with E-state index in [4.69, 9.17) is 9.47 Å². The maximum absolute atomic E-state index is 13.4. The van der Waals surface area contributed by atoms with Crippen LogP contribution >= 0.6 is 34.4 Å². The summed E-state index contributed by atoms with van der Waals surface area (Å²) in [5.41, 5.74) is 1.49. The van der Waals surface area contributed by atoms with E-state index in [9.17, 15) is 28.9 Å². The molecule has 1 aliphatic rings. The molecule has 0 saturated carbocycles. The predicted molar refractivity (Wildman–Crippen MR) is 155 cm³/mol. The van der Waals surface area contributed by atoms with Crippen molar-refractivity contribution in [3.8, 4) is 11.5 Å². The van der Waals surface area contributed by atoms with Crippen LogP contribution in [0.15, 0.2) is 65.6 Å². The molecule has 0 aliphatic carbocycles. The number of non-ortho nitro benzene ring substituents is 1. The second kappa shape index (κ2) is 12.9. The standard InChI is InChI=1S/C27H21FIN3O7S/c1-2-38-22-11-17(10-21(29)25(22)39-15-16-6-8-20(9-7-16)32(36)37)12-23-26(34)31(27(35)40-23)14-24(33)30-19-5-3-4-18(28)13-19/h3-13H,2,14-15H2,1H3,(H,30,33)/b23-12+. The largest absolute Gasteiger partial charge is 0.490 e. The van der Waals surface area contributed by atoms with Crippen molar-refractivity contribution in [2.24, 2.45) is 0 Å². The average Bonchev–Trinajstić information content (AvgIpc) is 3.15. The Morgan fingerprint density at radius 2 is 1.90 bits per heavy atom. The molecule has 0 aromatic heterocycles. The van der Waals surface area contributed by atoms with E-state index in [0.717, 1.165) is 16.5 Å². The number of thioether (sulfide) groups is 1. The molecular weight excluding hydrogens is 656 g/mol. The molecule has 4 rings (SSSR count). The summed E-state index contributed by atoms with van der Waals surface area (Å²) in [5.74, 6) is -0.931. The van der Waals surface area contributed by atoms with Crippen LogP contribution in [-0.4, -0.2) is 40.0 Å². The minimum atomic E-state index is -0.642. The van der Waals surface area contributed by atoms with Gasteiger partial charge < -0.3 is 14.8 Å². The van der Waals surface area contributed by atoms with Gasteiger partial charge in [-0.3, -0.25) is 29.4 Å². The summed E-state index contributed by atoms with van der Waals surface area (Å²) in [7, 11) is 0. The molecule has 0 unspecified atom stereocenters. The predicted octanol–water partition coefficient (Wildman–Crippen LogP) is 5.99. The number of anilines is 1. The van der Waals surface area contributed by atoms with Crippen LogP contribution in [0.2, 0.25) is 0 Å². The molecule has 1 aliphatic heterocycles. The number of imide groups is 1. The van der Waals surface area contributed by atoms with Gasteiger partial charge in [0.15, 0.2) is 11.5 Å². The van der Waals surface area contributed by atoms with Crippen molar-refractivity contribution in [3.63, 3.8) is 0 Å². The number of benzene rings is 3. The van der Waals surface area contributed by atoms with Crippen molar-refractivity contribution in [3.05, 3.63) is 96.2 Å². The lowest BCUT2D eigenvalue weighted by Crippen LogP contribution is -2.36. The van der Waals surface area contributed by atoms with E-state index in [1.807, 2.05) is 0 Å². The highest BCUT2D eigenvalue weighted by Crippen LogP contribution is 2.38. The molecule has 0 radical (unpaired) electrons. The van der Waals surface area contributed by atoms with E-state index >= 15 is 0 Å². The Hall–Kier alpha value is -3.98. The lowest BCUT2D eigenvalue weighted by Gasteiger charge is -2.15. The number of carbonyl (C=O) groups excluding carboxylic acids is 3. The zero-order valence-electron chi connectivity index (χ0n) is 20.9. The van der Waals surface area contributed by atoms with Crippen LogP contribution in [-0.2, 0) is 16.2 Å². The fourth-order valence-corrected chi connectivity index (χ4v) is 5.26. The van der Waals surface area contributed by atoms with E-state index < -0.39 is 34.3 Å². The number of rotatable bonds is 10. The first-order valence-electron chi connectivity index (χ1n) is 11.8. The molecule has 0 atom stereocenters. The normalized spacial score (nSPS) is 14.0. The van der Waals surface area contributed by atoms with Crippen molar-refractivity contribution in [2.45, 2.75) is 13.5 Å². The van der Waals surface area contributed by atoms with Gasteiger partial charge in [0.2, 0.25) is 5.91 Å². The Balaban J connectivity index is 1.48. The molecule has 0 spiro atoms. The highest BCUT2D eigenvalue weighted by Gasteiger charge is 2.36. The van der Waals surface area contributed by atoms with Crippen LogP contribution in [0.5, 0.6) is 11.5 Å². The molecule has 1 N–H and O–H groups in total. The molecule has 3 amide bonds. The minimum Gasteiger partial charge on any atom is -0.490 e. The maximum atomic E-state index is 13.4. The summed E-state index contributed by atoms with van der Waals surface area (Å²) < 4.78 is 25.8. The number of nitrogens with zero attached hydrogens (tertiary/aromatic N) is 2. The van der Waals surface area contributed by atoms with Crippen molar-refractivity contribution in [1.29, 1.82) is 0 Å². The lowest BCUT2D eigenvalue weighted by atomic mass is 10.1. The SMILES string of the molecule is CCOc1cc(/C=C2/SC(=O)N(CC(=O)Nc3cccc(F)c3)C2=O)cc(I)c1OCc1ccc([N+](=O)[O-])cc1. The van der Waals surface area contributed by atoms with Crippen molar-refractivity contribution >= 4 is 68.9 Å². The van der Waals surface area contributed by atoms with Gasteiger partial charge in [0, 0.05) is 17.8 Å². The first-order chi connectivity index (χ1) is 19.1. The summed E-state index contributed by atoms with van der Waals surface area (Å²) in [6, 6.07) is 14.7. The quantitative estimate of drug-likeness (QED) is 0.120. The highest BCUT2D eigenvalue weighted by molar-refractivity contribution is 14.1. The zero-order valence-corrected chi connectivity index (χ0v) is 23.9. The Bertz CT molecular complexity index is 1510. The van der Waals surface area contributed by atoms with Crippen LogP contribution in [0.4, 0.5) is 20.6 Å². The molecule has 1 heterocycles. The lowest BCUT2D eigenvalue weighted by molar-refractivity contribution is -0.384. The number of carbonyl (C=O) groups is 3. The molecule has 10 nitrogen and oxygen atoms in total. The average molecular weight is 677 g/mol. The van der Waals surface area contributed by atoms with Crippen molar-refractivity contribution in [1.82, 2.24) is 4.90 Å². The third-order valence-corrected chi connectivity index (χ3v) is 7.15. The molecule has 1 fully saturated rings. The second-order valence-corrected chi connectivity index (χ2v) is 10.5. The molecule has 0 bridgehead atoms. The van der Waals surface area contributed by atoms with Crippen LogP contribution < -0.4 is 14.8 Å². The third kappa shape index (κ3) is 7.15. The summed E-state index contributed by atoms with van der Waals surface area (Å²) in [5, 5.41) is 12.7. The van der Waals surface area contributed by atoms with Gasteiger partial charge in [-0.15, -0.1) is 0 Å². The van der Waals surface area contributed by atoms with E-state index in [2.05, 4.69) is 27.9 Å². The molecule has 40 heavy (non-hydrogen) atoms. The maximum Gasteiger partial charge on any atom is 0.294 e. The van der Waals surface area contributed by atoms with Crippen LogP contribution in [0.1, 0.15) is 18.1 Å². The Kier molecular flexibility index (Phi) is 9.37. The van der Waals surface area contributed by atoms with Gasteiger partial charge in [-0.1, -0.05) is 6.07 Å². The second-order valence-electron chi connectivity index (χ2n) is 8.30. The summed E-state index contributed by atoms with van der Waals surface area (Å²) in [6.07, 6.45) is 1.53. The molecule has 206 valence electrons. The van der Waals surface area contributed by atoms with E-state index in [1.165, 1.54) is 36.4 Å². The van der Waals surface area contributed by atoms with Gasteiger partial charge in [0.1, 0.15) is 19.0 Å². The summed E-state index contributed by atoms with van der Waals surface area (Å²) >= 11 is 2.77. The number of nitrogens with one attached hydrogen (secondary N) is 1. The molecule has 13 heteroatoms. The number of halogens is 2. The first-order valence-corrected chi connectivity index (χ1v) is 13.7. The highest BCUT2D eigenvalue weighted by atomic mass is 127. The Morgan fingerprint density at radius 3 is 2.58 bits per heavy atom. The number of amides is 3. The number of ether oxygens (including phenoxy) is 2. The van der Waals surface area contributed by atoms with E-state index in [1.54, 1.807) is 31.2 Å². The molecule has 3 aromatic carbocycles. The zero-order chi connectivity index (χ0) is 28.8. The van der Waals surface area contributed by atoms with Gasteiger partial charge in [-0.25, -0.2) is 4.39 Å². The molecule has 1 saturated heterocycles. The first kappa shape index (κ1) is 29.0. The summed E-state index contributed by atoms with van der Waals surface area (Å²) in [4.78, 5) is 49.1. The van der Waals surface area contributed by atoms with Gasteiger partial charge in [-0.2, -0.15) is 0 Å². The van der Waals surface area contributed by atoms with Crippen molar-refractivity contribution in [2.75, 3.05) is 18.5 Å². The van der Waals surface area contributed by atoms with E-state index in [0.29, 0.717) is 39.0 Å². The van der Waals surface area contributed by atoms with E-state index in [-0.39, 0.29) is 22.9 Å². The Labute approximate surface area is 245 Å². The fourth-order valence-electron chi connectivity index (χ4n) is 3.64. The third-order valence-electron chi connectivity index (χ3n) is 5.44. The summed E-state index contributed by atoms with van der Waals surface area (Å²) in [6.45, 7) is 1.77. The van der Waals surface area contributed by atoms with Gasteiger partial charge in [-0.05, 0) is 101 Å². The van der Waals surface area contributed by atoms with Crippen LogP contribution in [0.3, 0.4) is 0 Å². The number of nitro groups is 1. The van der Waals surface area contributed by atoms with Gasteiger partial charge in [0.05, 0.1) is 20.0 Å². The van der Waals surface area contributed by atoms with Gasteiger partial charge in [0.25, 0.3) is 16.8 Å².